The average molecular weight is 335 g/mol. The summed E-state index contributed by atoms with van der Waals surface area (Å²) in [6.45, 7) is 3.32. The van der Waals surface area contributed by atoms with Crippen molar-refractivity contribution in [2.45, 2.75) is 37.1 Å². The lowest BCUT2D eigenvalue weighted by Gasteiger charge is -2.21. The molecule has 23 heavy (non-hydrogen) atoms. The van der Waals surface area contributed by atoms with Gasteiger partial charge in [0.25, 0.3) is 0 Å². The Morgan fingerprint density at radius 3 is 2.78 bits per heavy atom. The second-order valence-corrected chi connectivity index (χ2v) is 7.83. The van der Waals surface area contributed by atoms with E-state index in [1.165, 1.54) is 0 Å². The van der Waals surface area contributed by atoms with Gasteiger partial charge < -0.3 is 4.52 Å². The summed E-state index contributed by atoms with van der Waals surface area (Å²) in [6.07, 6.45) is 2.67. The molecule has 0 unspecified atom stereocenters. The second kappa shape index (κ2) is 6.80. The zero-order valence-electron chi connectivity index (χ0n) is 13.2. The molecule has 1 aromatic heterocycles. The Balaban J connectivity index is 1.67. The van der Waals surface area contributed by atoms with Crippen LogP contribution in [0.4, 0.5) is 0 Å². The van der Waals surface area contributed by atoms with E-state index in [9.17, 15) is 8.42 Å². The van der Waals surface area contributed by atoms with Gasteiger partial charge >= 0.3 is 0 Å². The maximum absolute atomic E-state index is 12.4. The van der Waals surface area contributed by atoms with Gasteiger partial charge in [0, 0.05) is 13.0 Å². The summed E-state index contributed by atoms with van der Waals surface area (Å²) in [5, 5.41) is 4.04. The van der Waals surface area contributed by atoms with Gasteiger partial charge in [-0.1, -0.05) is 30.3 Å². The minimum absolute atomic E-state index is 0.0602. The van der Waals surface area contributed by atoms with Gasteiger partial charge in [-0.25, -0.2) is 8.42 Å². The first kappa shape index (κ1) is 16.1. The van der Waals surface area contributed by atoms with Crippen LogP contribution in [0, 0.1) is 0 Å². The fourth-order valence-corrected chi connectivity index (χ4v) is 4.20. The maximum atomic E-state index is 12.4. The standard InChI is InChI=1S/C16H21N3O3S/c1-2-15-17-16(18-22-15)14-9-6-10-19(14)11-12-23(20,21)13-7-4-3-5-8-13/h3-5,7-8,14H,2,6,9-12H2,1H3/t14-/m1/s1. The number of likely N-dealkylation sites (tertiary alicyclic amines) is 1. The number of benzene rings is 1. The molecule has 1 fully saturated rings. The van der Waals surface area contributed by atoms with Gasteiger partial charge in [-0.05, 0) is 31.5 Å². The third-order valence-electron chi connectivity index (χ3n) is 4.20. The van der Waals surface area contributed by atoms with Gasteiger partial charge in [0.15, 0.2) is 15.7 Å². The van der Waals surface area contributed by atoms with E-state index in [0.717, 1.165) is 19.4 Å². The highest BCUT2D eigenvalue weighted by atomic mass is 32.2. The molecule has 0 radical (unpaired) electrons. The third kappa shape index (κ3) is 3.61. The number of rotatable bonds is 6. The molecule has 3 rings (SSSR count). The molecule has 124 valence electrons. The van der Waals surface area contributed by atoms with Gasteiger partial charge in [0.05, 0.1) is 16.7 Å². The summed E-state index contributed by atoms with van der Waals surface area (Å²) in [7, 11) is -3.26. The lowest BCUT2D eigenvalue weighted by molar-refractivity contribution is 0.255. The Morgan fingerprint density at radius 1 is 1.30 bits per heavy atom. The molecule has 0 N–H and O–H groups in total. The summed E-state index contributed by atoms with van der Waals surface area (Å²) < 4.78 is 30.0. The number of aromatic nitrogens is 2. The normalized spacial score (nSPS) is 19.3. The number of sulfone groups is 1. The lowest BCUT2D eigenvalue weighted by atomic mass is 10.2. The Bertz CT molecular complexity index is 743. The summed E-state index contributed by atoms with van der Waals surface area (Å²) in [5.74, 6) is 1.41. The van der Waals surface area contributed by atoms with Crippen molar-refractivity contribution in [2.24, 2.45) is 0 Å². The molecule has 1 aliphatic rings. The third-order valence-corrected chi connectivity index (χ3v) is 5.91. The van der Waals surface area contributed by atoms with Crippen LogP contribution >= 0.6 is 0 Å². The number of nitrogens with zero attached hydrogens (tertiary/aromatic N) is 3. The van der Waals surface area contributed by atoms with E-state index in [2.05, 4.69) is 15.0 Å². The van der Waals surface area contributed by atoms with Crippen molar-refractivity contribution < 1.29 is 12.9 Å². The van der Waals surface area contributed by atoms with Gasteiger partial charge in [-0.3, -0.25) is 4.90 Å². The first-order chi connectivity index (χ1) is 11.1. The van der Waals surface area contributed by atoms with Crippen LogP contribution in [0.15, 0.2) is 39.8 Å². The van der Waals surface area contributed by atoms with Crippen molar-refractivity contribution in [1.82, 2.24) is 15.0 Å². The van der Waals surface area contributed by atoms with Crippen LogP contribution < -0.4 is 0 Å². The number of hydrogen-bond donors (Lipinski definition) is 0. The van der Waals surface area contributed by atoms with Crippen molar-refractivity contribution in [1.29, 1.82) is 0 Å². The molecule has 0 spiro atoms. The minimum Gasteiger partial charge on any atom is -0.339 e. The molecule has 0 aliphatic carbocycles. The highest BCUT2D eigenvalue weighted by Crippen LogP contribution is 2.30. The summed E-state index contributed by atoms with van der Waals surface area (Å²) in [6, 6.07) is 8.66. The molecule has 2 aromatic rings. The summed E-state index contributed by atoms with van der Waals surface area (Å²) >= 11 is 0. The fourth-order valence-electron chi connectivity index (χ4n) is 2.92. The second-order valence-electron chi connectivity index (χ2n) is 5.73. The minimum atomic E-state index is -3.26. The van der Waals surface area contributed by atoms with Crippen LogP contribution in [0.25, 0.3) is 0 Å². The molecular formula is C16H21N3O3S. The first-order valence-electron chi connectivity index (χ1n) is 7.94. The highest BCUT2D eigenvalue weighted by Gasteiger charge is 2.30. The predicted octanol–water partition coefficient (Wildman–Crippen LogP) is 2.24. The van der Waals surface area contributed by atoms with Gasteiger partial charge in [-0.2, -0.15) is 4.98 Å². The molecule has 1 aromatic carbocycles. The molecule has 0 saturated carbocycles. The zero-order chi connectivity index (χ0) is 16.3. The van der Waals surface area contributed by atoms with Crippen molar-refractivity contribution in [3.63, 3.8) is 0 Å². The topological polar surface area (TPSA) is 76.3 Å². The van der Waals surface area contributed by atoms with E-state index in [1.807, 2.05) is 13.0 Å². The quantitative estimate of drug-likeness (QED) is 0.806. The molecule has 0 amide bonds. The van der Waals surface area contributed by atoms with Crippen LogP contribution in [0.5, 0.6) is 0 Å². The molecule has 0 bridgehead atoms. The summed E-state index contributed by atoms with van der Waals surface area (Å²) in [4.78, 5) is 6.92. The van der Waals surface area contributed by atoms with Gasteiger partial charge in [0.2, 0.25) is 5.89 Å². The molecular weight excluding hydrogens is 314 g/mol. The average Bonchev–Trinajstić information content (AvgIpc) is 3.22. The molecule has 1 saturated heterocycles. The van der Waals surface area contributed by atoms with Crippen molar-refractivity contribution >= 4 is 9.84 Å². The van der Waals surface area contributed by atoms with E-state index in [-0.39, 0.29) is 11.8 Å². The Kier molecular flexibility index (Phi) is 4.77. The maximum Gasteiger partial charge on any atom is 0.226 e. The van der Waals surface area contributed by atoms with Gasteiger partial charge in [0.1, 0.15) is 0 Å². The fraction of sp³-hybridized carbons (Fsp3) is 0.500. The largest absolute Gasteiger partial charge is 0.339 e. The van der Waals surface area contributed by atoms with Crippen molar-refractivity contribution in [2.75, 3.05) is 18.8 Å². The Morgan fingerprint density at radius 2 is 2.09 bits per heavy atom. The number of aryl methyl sites for hydroxylation is 1. The monoisotopic (exact) mass is 335 g/mol. The Labute approximate surface area is 136 Å². The molecule has 6 nitrogen and oxygen atoms in total. The van der Waals surface area contributed by atoms with E-state index in [0.29, 0.717) is 29.6 Å². The van der Waals surface area contributed by atoms with Crippen molar-refractivity contribution in [3.8, 4) is 0 Å². The molecule has 2 heterocycles. The van der Waals surface area contributed by atoms with E-state index >= 15 is 0 Å². The SMILES string of the molecule is CCc1nc([C@H]2CCCN2CCS(=O)(=O)c2ccccc2)no1. The lowest BCUT2D eigenvalue weighted by Crippen LogP contribution is -2.29. The molecule has 7 heteroatoms. The van der Waals surface area contributed by atoms with Crippen LogP contribution in [-0.2, 0) is 16.3 Å². The predicted molar refractivity (Wildman–Crippen MR) is 85.7 cm³/mol. The first-order valence-corrected chi connectivity index (χ1v) is 9.59. The smallest absolute Gasteiger partial charge is 0.226 e. The molecule has 1 atom stereocenters. The van der Waals surface area contributed by atoms with Crippen LogP contribution in [0.2, 0.25) is 0 Å². The summed E-state index contributed by atoms with van der Waals surface area (Å²) in [5.41, 5.74) is 0. The Hall–Kier alpha value is -1.73. The zero-order valence-corrected chi connectivity index (χ0v) is 14.0. The highest BCUT2D eigenvalue weighted by molar-refractivity contribution is 7.91. The van der Waals surface area contributed by atoms with E-state index in [4.69, 9.17) is 4.52 Å². The van der Waals surface area contributed by atoms with E-state index in [1.54, 1.807) is 24.3 Å². The molecule has 1 aliphatic heterocycles. The van der Waals surface area contributed by atoms with Crippen LogP contribution in [0.3, 0.4) is 0 Å². The number of hydrogen-bond acceptors (Lipinski definition) is 6. The van der Waals surface area contributed by atoms with Crippen LogP contribution in [-0.4, -0.2) is 42.3 Å². The van der Waals surface area contributed by atoms with E-state index < -0.39 is 9.84 Å². The van der Waals surface area contributed by atoms with Crippen molar-refractivity contribution in [3.05, 3.63) is 42.0 Å². The van der Waals surface area contributed by atoms with Crippen LogP contribution in [0.1, 0.15) is 37.5 Å². The van der Waals surface area contributed by atoms with Gasteiger partial charge in [-0.15, -0.1) is 0 Å².